The molecule has 0 aromatic heterocycles. The summed E-state index contributed by atoms with van der Waals surface area (Å²) >= 11 is 5.48. The molecule has 0 saturated heterocycles. The lowest BCUT2D eigenvalue weighted by molar-refractivity contribution is 0.281. The molecule has 14 heavy (non-hydrogen) atoms. The summed E-state index contributed by atoms with van der Waals surface area (Å²) in [5, 5.41) is 8.86. The predicted molar refractivity (Wildman–Crippen MR) is 56.7 cm³/mol. The summed E-state index contributed by atoms with van der Waals surface area (Å²) in [4.78, 5) is 0. The quantitative estimate of drug-likeness (QED) is 0.765. The minimum absolute atomic E-state index is 0.0728. The maximum absolute atomic E-state index is 13.2. The van der Waals surface area contributed by atoms with Crippen molar-refractivity contribution in [1.82, 2.24) is 0 Å². The lowest BCUT2D eigenvalue weighted by atomic mass is 10.1. The molecule has 0 heterocycles. The lowest BCUT2D eigenvalue weighted by Crippen LogP contribution is -1.87. The molecule has 0 radical (unpaired) electrons. The Morgan fingerprint density at radius 1 is 1.43 bits per heavy atom. The first-order valence-electron chi connectivity index (χ1n) is 4.39. The Labute approximate surface area is 87.8 Å². The van der Waals surface area contributed by atoms with Crippen LogP contribution in [0.5, 0.6) is 0 Å². The average Bonchev–Trinajstić information content (AvgIpc) is 2.21. The lowest BCUT2D eigenvalue weighted by Gasteiger charge is -2.00. The van der Waals surface area contributed by atoms with Crippen LogP contribution < -0.4 is 0 Å². The third-order valence-corrected chi connectivity index (χ3v) is 2.03. The number of alkyl halides is 1. The van der Waals surface area contributed by atoms with Crippen LogP contribution in [-0.4, -0.2) is 11.0 Å². The first-order valence-corrected chi connectivity index (χ1v) is 4.93. The molecule has 0 unspecified atom stereocenters. The molecule has 1 nitrogen and oxygen atoms in total. The van der Waals surface area contributed by atoms with Crippen LogP contribution in [0.15, 0.2) is 24.3 Å². The second-order valence-corrected chi connectivity index (χ2v) is 3.27. The second kappa shape index (κ2) is 5.78. The Kier molecular flexibility index (Phi) is 4.63. The SMILES string of the molecule is OCc1ccc(F)c(C=CCCCl)c1. The van der Waals surface area contributed by atoms with Crippen molar-refractivity contribution in [3.8, 4) is 0 Å². The zero-order valence-electron chi connectivity index (χ0n) is 7.71. The molecule has 1 aromatic rings. The molecular formula is C11H12ClFO. The van der Waals surface area contributed by atoms with E-state index in [9.17, 15) is 4.39 Å². The van der Waals surface area contributed by atoms with E-state index < -0.39 is 0 Å². The minimum Gasteiger partial charge on any atom is -0.392 e. The Morgan fingerprint density at radius 3 is 2.86 bits per heavy atom. The van der Waals surface area contributed by atoms with Gasteiger partial charge in [0.05, 0.1) is 6.61 Å². The summed E-state index contributed by atoms with van der Waals surface area (Å²) < 4.78 is 13.2. The number of benzene rings is 1. The fraction of sp³-hybridized carbons (Fsp3) is 0.273. The molecule has 1 aromatic carbocycles. The number of hydrogen-bond acceptors (Lipinski definition) is 1. The fourth-order valence-electron chi connectivity index (χ4n) is 1.09. The number of halogens is 2. The highest BCUT2D eigenvalue weighted by Crippen LogP contribution is 2.12. The number of hydrogen-bond donors (Lipinski definition) is 1. The van der Waals surface area contributed by atoms with E-state index >= 15 is 0 Å². The van der Waals surface area contributed by atoms with Crippen molar-refractivity contribution >= 4 is 17.7 Å². The Morgan fingerprint density at radius 2 is 2.21 bits per heavy atom. The van der Waals surface area contributed by atoms with Crippen molar-refractivity contribution in [1.29, 1.82) is 0 Å². The molecule has 0 saturated carbocycles. The highest BCUT2D eigenvalue weighted by Gasteiger charge is 1.99. The molecule has 0 fully saturated rings. The van der Waals surface area contributed by atoms with Crippen molar-refractivity contribution in [3.05, 3.63) is 41.2 Å². The van der Waals surface area contributed by atoms with Crippen molar-refractivity contribution in [3.63, 3.8) is 0 Å². The van der Waals surface area contributed by atoms with Gasteiger partial charge in [0, 0.05) is 11.4 Å². The van der Waals surface area contributed by atoms with Gasteiger partial charge in [-0.25, -0.2) is 4.39 Å². The van der Waals surface area contributed by atoms with Crippen LogP contribution in [0.2, 0.25) is 0 Å². The van der Waals surface area contributed by atoms with Crippen molar-refractivity contribution < 1.29 is 9.50 Å². The van der Waals surface area contributed by atoms with Gasteiger partial charge in [-0.3, -0.25) is 0 Å². The number of aliphatic hydroxyl groups is 1. The highest BCUT2D eigenvalue weighted by atomic mass is 35.5. The van der Waals surface area contributed by atoms with Crippen LogP contribution in [0.1, 0.15) is 17.5 Å². The Balaban J connectivity index is 2.83. The van der Waals surface area contributed by atoms with Gasteiger partial charge in [-0.15, -0.1) is 11.6 Å². The van der Waals surface area contributed by atoms with E-state index in [1.165, 1.54) is 6.07 Å². The van der Waals surface area contributed by atoms with E-state index in [0.29, 0.717) is 23.4 Å². The van der Waals surface area contributed by atoms with E-state index in [0.717, 1.165) is 0 Å². The first-order chi connectivity index (χ1) is 6.77. The van der Waals surface area contributed by atoms with Crippen LogP contribution in [0, 0.1) is 5.82 Å². The molecule has 3 heteroatoms. The summed E-state index contributed by atoms with van der Waals surface area (Å²) in [5.41, 5.74) is 1.19. The van der Waals surface area contributed by atoms with E-state index in [2.05, 4.69) is 0 Å². The third-order valence-electron chi connectivity index (χ3n) is 1.82. The van der Waals surface area contributed by atoms with Gasteiger partial charge in [0.1, 0.15) is 5.82 Å². The first kappa shape index (κ1) is 11.2. The largest absolute Gasteiger partial charge is 0.392 e. The van der Waals surface area contributed by atoms with Crippen molar-refractivity contribution in [2.75, 3.05) is 5.88 Å². The summed E-state index contributed by atoms with van der Waals surface area (Å²) in [6.45, 7) is -0.0728. The summed E-state index contributed by atoms with van der Waals surface area (Å²) in [6, 6.07) is 4.54. The van der Waals surface area contributed by atoms with Gasteiger partial charge < -0.3 is 5.11 Å². The van der Waals surface area contributed by atoms with Crippen molar-refractivity contribution in [2.24, 2.45) is 0 Å². The molecule has 0 aliphatic carbocycles. The summed E-state index contributed by atoms with van der Waals surface area (Å²) in [5.74, 6) is 0.241. The molecule has 0 bridgehead atoms. The smallest absolute Gasteiger partial charge is 0.130 e. The fourth-order valence-corrected chi connectivity index (χ4v) is 1.22. The predicted octanol–water partition coefficient (Wildman–Crippen LogP) is 2.96. The zero-order chi connectivity index (χ0) is 10.4. The Bertz CT molecular complexity index is 323. The van der Waals surface area contributed by atoms with E-state index in [1.54, 1.807) is 18.2 Å². The van der Waals surface area contributed by atoms with Crippen LogP contribution in [0.4, 0.5) is 4.39 Å². The number of allylic oxidation sites excluding steroid dienone is 1. The van der Waals surface area contributed by atoms with Crippen LogP contribution in [-0.2, 0) is 6.61 Å². The molecule has 0 amide bonds. The van der Waals surface area contributed by atoms with Gasteiger partial charge in [0.25, 0.3) is 0 Å². The molecule has 0 atom stereocenters. The highest BCUT2D eigenvalue weighted by molar-refractivity contribution is 6.17. The molecule has 0 aliphatic heterocycles. The summed E-state index contributed by atoms with van der Waals surface area (Å²) in [6.07, 6.45) is 4.20. The van der Waals surface area contributed by atoms with Crippen molar-refractivity contribution in [2.45, 2.75) is 13.0 Å². The van der Waals surface area contributed by atoms with Gasteiger partial charge in [0.2, 0.25) is 0 Å². The number of aliphatic hydroxyl groups excluding tert-OH is 1. The molecule has 0 spiro atoms. The normalized spacial score (nSPS) is 11.1. The third kappa shape index (κ3) is 3.13. The molecule has 1 rings (SSSR count). The van der Waals surface area contributed by atoms with Crippen LogP contribution >= 0.6 is 11.6 Å². The topological polar surface area (TPSA) is 20.2 Å². The van der Waals surface area contributed by atoms with Gasteiger partial charge in [-0.2, -0.15) is 0 Å². The molecule has 0 aliphatic rings. The van der Waals surface area contributed by atoms with E-state index in [-0.39, 0.29) is 12.4 Å². The van der Waals surface area contributed by atoms with Gasteiger partial charge >= 0.3 is 0 Å². The average molecular weight is 215 g/mol. The maximum Gasteiger partial charge on any atom is 0.130 e. The van der Waals surface area contributed by atoms with Gasteiger partial charge in [-0.1, -0.05) is 18.2 Å². The van der Waals surface area contributed by atoms with Gasteiger partial charge in [-0.05, 0) is 24.1 Å². The monoisotopic (exact) mass is 214 g/mol. The molecular weight excluding hydrogens is 203 g/mol. The Hall–Kier alpha value is -0.860. The van der Waals surface area contributed by atoms with E-state index in [4.69, 9.17) is 16.7 Å². The second-order valence-electron chi connectivity index (χ2n) is 2.89. The molecule has 76 valence electrons. The molecule has 1 N–H and O–H groups in total. The maximum atomic E-state index is 13.2. The summed E-state index contributed by atoms with van der Waals surface area (Å²) in [7, 11) is 0. The standard InChI is InChI=1S/C11H12ClFO/c12-6-2-1-3-10-7-9(8-14)4-5-11(10)13/h1,3-5,7,14H,2,6,8H2. The van der Waals surface area contributed by atoms with Crippen LogP contribution in [0.25, 0.3) is 6.08 Å². The minimum atomic E-state index is -0.284. The number of rotatable bonds is 4. The van der Waals surface area contributed by atoms with E-state index in [1.807, 2.05) is 6.08 Å². The van der Waals surface area contributed by atoms with Crippen LogP contribution in [0.3, 0.4) is 0 Å². The van der Waals surface area contributed by atoms with Gasteiger partial charge in [0.15, 0.2) is 0 Å². The zero-order valence-corrected chi connectivity index (χ0v) is 8.47.